The van der Waals surface area contributed by atoms with Gasteiger partial charge in [-0.2, -0.15) is 0 Å². The quantitative estimate of drug-likeness (QED) is 0.462. The van der Waals surface area contributed by atoms with Crippen molar-refractivity contribution in [2.24, 2.45) is 0 Å². The van der Waals surface area contributed by atoms with Crippen molar-refractivity contribution in [1.82, 2.24) is 4.90 Å². The minimum absolute atomic E-state index is 0.248. The number of ether oxygens (including phenoxy) is 2. The number of methoxy groups -OCH3 is 1. The fourth-order valence-corrected chi connectivity index (χ4v) is 2.57. The molecule has 0 saturated carbocycles. The van der Waals surface area contributed by atoms with E-state index in [1.54, 1.807) is 25.3 Å². The van der Waals surface area contributed by atoms with Crippen molar-refractivity contribution in [2.75, 3.05) is 13.7 Å². The minimum atomic E-state index is -0.705. The van der Waals surface area contributed by atoms with Crippen LogP contribution in [0.3, 0.4) is 0 Å². The molecule has 0 fully saturated rings. The van der Waals surface area contributed by atoms with Crippen LogP contribution in [0.2, 0.25) is 0 Å². The number of esters is 1. The molecule has 1 amide bonds. The first-order valence-electron chi connectivity index (χ1n) is 8.61. The maximum absolute atomic E-state index is 12.1. The SMILES string of the molecule is CCOC(=O)N1C=CC=C(C(=O)OC)C1C#CCCCc1ccccc1. The Balaban J connectivity index is 2.05. The van der Waals surface area contributed by atoms with E-state index in [-0.39, 0.29) is 6.61 Å². The zero-order chi connectivity index (χ0) is 18.8. The summed E-state index contributed by atoms with van der Waals surface area (Å²) in [5.74, 6) is 5.59. The number of rotatable bonds is 5. The van der Waals surface area contributed by atoms with Crippen molar-refractivity contribution in [2.45, 2.75) is 32.2 Å². The number of benzene rings is 1. The molecule has 0 bridgehead atoms. The van der Waals surface area contributed by atoms with Crippen molar-refractivity contribution in [3.05, 3.63) is 59.8 Å². The molecule has 1 aliphatic heterocycles. The van der Waals surface area contributed by atoms with Crippen LogP contribution in [-0.2, 0) is 20.7 Å². The van der Waals surface area contributed by atoms with E-state index in [4.69, 9.17) is 9.47 Å². The Kier molecular flexibility index (Phi) is 7.50. The predicted octanol–water partition coefficient (Wildman–Crippen LogP) is 3.47. The lowest BCUT2D eigenvalue weighted by atomic mass is 10.0. The summed E-state index contributed by atoms with van der Waals surface area (Å²) in [6, 6.07) is 9.48. The van der Waals surface area contributed by atoms with Gasteiger partial charge in [-0.3, -0.25) is 4.90 Å². The van der Waals surface area contributed by atoms with Crippen LogP contribution in [0.4, 0.5) is 4.79 Å². The van der Waals surface area contributed by atoms with Crippen LogP contribution in [-0.4, -0.2) is 36.7 Å². The lowest BCUT2D eigenvalue weighted by Crippen LogP contribution is -2.40. The highest BCUT2D eigenvalue weighted by atomic mass is 16.6. The summed E-state index contributed by atoms with van der Waals surface area (Å²) in [6.45, 7) is 1.98. The largest absolute Gasteiger partial charge is 0.466 e. The Labute approximate surface area is 154 Å². The Morgan fingerprint density at radius 3 is 2.69 bits per heavy atom. The van der Waals surface area contributed by atoms with Gasteiger partial charge in [0, 0.05) is 12.6 Å². The second-order valence-electron chi connectivity index (χ2n) is 5.62. The molecule has 0 aromatic heterocycles. The van der Waals surface area contributed by atoms with Gasteiger partial charge in [-0.25, -0.2) is 9.59 Å². The molecule has 0 spiro atoms. The number of unbranched alkanes of at least 4 members (excludes halogenated alkanes) is 1. The van der Waals surface area contributed by atoms with Crippen LogP contribution in [0, 0.1) is 11.8 Å². The first-order valence-corrected chi connectivity index (χ1v) is 8.61. The second kappa shape index (κ2) is 10.1. The summed E-state index contributed by atoms with van der Waals surface area (Å²) >= 11 is 0. The average molecular weight is 353 g/mol. The zero-order valence-corrected chi connectivity index (χ0v) is 15.1. The van der Waals surface area contributed by atoms with Crippen LogP contribution in [0.5, 0.6) is 0 Å². The lowest BCUT2D eigenvalue weighted by molar-refractivity contribution is -0.136. The van der Waals surface area contributed by atoms with E-state index in [9.17, 15) is 9.59 Å². The van der Waals surface area contributed by atoms with Gasteiger partial charge in [0.05, 0.1) is 19.3 Å². The maximum atomic E-state index is 12.1. The third-order valence-corrected chi connectivity index (χ3v) is 3.84. The molecule has 1 aromatic rings. The zero-order valence-electron chi connectivity index (χ0n) is 15.1. The van der Waals surface area contributed by atoms with Crippen LogP contribution >= 0.6 is 0 Å². The van der Waals surface area contributed by atoms with Crippen molar-refractivity contribution in [3.63, 3.8) is 0 Å². The molecular weight excluding hydrogens is 330 g/mol. The number of aryl methyl sites for hydroxylation is 1. The second-order valence-corrected chi connectivity index (χ2v) is 5.62. The van der Waals surface area contributed by atoms with Gasteiger partial charge in [-0.05, 0) is 37.5 Å². The number of amides is 1. The fourth-order valence-electron chi connectivity index (χ4n) is 2.57. The third-order valence-electron chi connectivity index (χ3n) is 3.84. The van der Waals surface area contributed by atoms with E-state index in [2.05, 4.69) is 24.0 Å². The monoisotopic (exact) mass is 353 g/mol. The van der Waals surface area contributed by atoms with Crippen molar-refractivity contribution < 1.29 is 19.1 Å². The topological polar surface area (TPSA) is 55.8 Å². The molecule has 2 rings (SSSR count). The van der Waals surface area contributed by atoms with Gasteiger partial charge in [0.2, 0.25) is 0 Å². The van der Waals surface area contributed by atoms with Crippen LogP contribution in [0.15, 0.2) is 54.3 Å². The lowest BCUT2D eigenvalue weighted by Gasteiger charge is -2.27. The molecule has 0 radical (unpaired) electrons. The third kappa shape index (κ3) is 5.25. The summed E-state index contributed by atoms with van der Waals surface area (Å²) in [6.07, 6.45) is 6.74. The smallest absolute Gasteiger partial charge is 0.415 e. The molecule has 0 aliphatic carbocycles. The van der Waals surface area contributed by atoms with Crippen molar-refractivity contribution >= 4 is 12.1 Å². The van der Waals surface area contributed by atoms with Gasteiger partial charge in [0.15, 0.2) is 0 Å². The van der Waals surface area contributed by atoms with Gasteiger partial charge in [0.25, 0.3) is 0 Å². The van der Waals surface area contributed by atoms with Crippen molar-refractivity contribution in [3.8, 4) is 11.8 Å². The molecule has 136 valence electrons. The maximum Gasteiger partial charge on any atom is 0.415 e. The van der Waals surface area contributed by atoms with E-state index in [0.29, 0.717) is 12.0 Å². The molecule has 0 N–H and O–H groups in total. The highest BCUT2D eigenvalue weighted by molar-refractivity contribution is 5.92. The highest BCUT2D eigenvalue weighted by Gasteiger charge is 2.31. The van der Waals surface area contributed by atoms with Gasteiger partial charge in [0.1, 0.15) is 6.04 Å². The van der Waals surface area contributed by atoms with E-state index in [0.717, 1.165) is 12.8 Å². The summed E-state index contributed by atoms with van der Waals surface area (Å²) in [4.78, 5) is 25.5. The molecule has 5 nitrogen and oxygen atoms in total. The first-order chi connectivity index (χ1) is 12.7. The summed E-state index contributed by atoms with van der Waals surface area (Å²) in [5, 5.41) is 0. The molecule has 26 heavy (non-hydrogen) atoms. The van der Waals surface area contributed by atoms with Crippen LogP contribution in [0.25, 0.3) is 0 Å². The fraction of sp³-hybridized carbons (Fsp3) is 0.333. The molecule has 1 heterocycles. The number of allylic oxidation sites excluding steroid dienone is 2. The molecule has 1 aromatic carbocycles. The molecule has 1 atom stereocenters. The standard InChI is InChI=1S/C21H23NO4/c1-3-26-21(24)22-16-10-14-18(20(23)25-2)19(22)15-9-5-8-13-17-11-6-4-7-12-17/h4,6-7,10-12,14,16,19H,3,5,8,13H2,1-2H3. The molecule has 1 unspecified atom stereocenters. The Bertz CT molecular complexity index is 740. The van der Waals surface area contributed by atoms with Crippen LogP contribution < -0.4 is 0 Å². The van der Waals surface area contributed by atoms with Gasteiger partial charge in [-0.1, -0.05) is 36.3 Å². The van der Waals surface area contributed by atoms with Crippen molar-refractivity contribution in [1.29, 1.82) is 0 Å². The minimum Gasteiger partial charge on any atom is -0.466 e. The average Bonchev–Trinajstić information content (AvgIpc) is 2.68. The molecular formula is C21H23NO4. The molecule has 0 saturated heterocycles. The summed E-state index contributed by atoms with van der Waals surface area (Å²) < 4.78 is 9.85. The van der Waals surface area contributed by atoms with E-state index < -0.39 is 18.1 Å². The Morgan fingerprint density at radius 2 is 2.00 bits per heavy atom. The Hall–Kier alpha value is -3.00. The number of carbonyl (C=O) groups excluding carboxylic acids is 2. The number of hydrogen-bond acceptors (Lipinski definition) is 4. The highest BCUT2D eigenvalue weighted by Crippen LogP contribution is 2.19. The van der Waals surface area contributed by atoms with E-state index >= 15 is 0 Å². The number of hydrogen-bond donors (Lipinski definition) is 0. The summed E-state index contributed by atoms with van der Waals surface area (Å²) in [5.41, 5.74) is 1.58. The molecule has 5 heteroatoms. The molecule has 1 aliphatic rings. The number of carbonyl (C=O) groups is 2. The van der Waals surface area contributed by atoms with Gasteiger partial charge in [-0.15, -0.1) is 5.92 Å². The Morgan fingerprint density at radius 1 is 1.23 bits per heavy atom. The van der Waals surface area contributed by atoms with Crippen LogP contribution in [0.1, 0.15) is 25.3 Å². The predicted molar refractivity (Wildman–Crippen MR) is 99.0 cm³/mol. The number of nitrogens with zero attached hydrogens (tertiary/aromatic N) is 1. The van der Waals surface area contributed by atoms with Gasteiger partial charge >= 0.3 is 12.1 Å². The first kappa shape index (κ1) is 19.3. The van der Waals surface area contributed by atoms with E-state index in [1.807, 2.05) is 18.2 Å². The van der Waals surface area contributed by atoms with E-state index in [1.165, 1.54) is 17.6 Å². The van der Waals surface area contributed by atoms with Gasteiger partial charge < -0.3 is 9.47 Å². The summed E-state index contributed by atoms with van der Waals surface area (Å²) in [7, 11) is 1.31. The normalized spacial score (nSPS) is 15.5.